The molecule has 3 amide bonds. The van der Waals surface area contributed by atoms with Crippen LogP contribution in [0.1, 0.15) is 52.5 Å². The number of rotatable bonds is 10. The van der Waals surface area contributed by atoms with Crippen LogP contribution in [0.4, 0.5) is 8.78 Å². The fraction of sp³-hybridized carbons (Fsp3) is 0.583. The maximum atomic E-state index is 14.1. The number of carbonyl (C=O) groups excluding carboxylic acids is 4. The summed E-state index contributed by atoms with van der Waals surface area (Å²) < 4.78 is 32.4. The number of amides is 3. The van der Waals surface area contributed by atoms with Gasteiger partial charge in [0.05, 0.1) is 7.11 Å². The van der Waals surface area contributed by atoms with Crippen molar-refractivity contribution < 1.29 is 32.7 Å². The molecule has 1 fully saturated rings. The second-order valence-electron chi connectivity index (χ2n) is 9.17. The highest BCUT2D eigenvalue weighted by molar-refractivity contribution is 5.91. The van der Waals surface area contributed by atoms with Gasteiger partial charge in [-0.1, -0.05) is 39.8 Å². The van der Waals surface area contributed by atoms with Crippen molar-refractivity contribution in [2.75, 3.05) is 7.11 Å². The van der Waals surface area contributed by atoms with Crippen LogP contribution in [0.3, 0.4) is 0 Å². The van der Waals surface area contributed by atoms with Crippen molar-refractivity contribution in [1.82, 2.24) is 15.5 Å². The summed E-state index contributed by atoms with van der Waals surface area (Å²) in [5.74, 6) is -4.34. The standard InChI is InChI=1S/C24H33F2N3O5/c1-13(2)21(23(32)28-22(14(3)4)24(33)34-5)27-18(30)11-16-9-10-19(31)29(16)12-15-7-6-8-17(25)20(15)26/h6-8,13-14,16,21-22H,9-12H2,1-5H3,(H,27,30)(H,28,32)/t16-,21-,22+/m0/s1. The first kappa shape index (κ1) is 27.2. The fourth-order valence-electron chi connectivity index (χ4n) is 3.93. The van der Waals surface area contributed by atoms with Crippen LogP contribution in [0.15, 0.2) is 18.2 Å². The number of hydrogen-bond donors (Lipinski definition) is 2. The summed E-state index contributed by atoms with van der Waals surface area (Å²) in [7, 11) is 1.23. The lowest BCUT2D eigenvalue weighted by Crippen LogP contribution is -2.55. The van der Waals surface area contributed by atoms with E-state index in [9.17, 15) is 28.0 Å². The topological polar surface area (TPSA) is 105 Å². The third-order valence-electron chi connectivity index (χ3n) is 5.93. The summed E-state index contributed by atoms with van der Waals surface area (Å²) >= 11 is 0. The molecule has 1 aromatic rings. The van der Waals surface area contributed by atoms with Crippen molar-refractivity contribution in [2.45, 2.75) is 71.6 Å². The molecule has 0 radical (unpaired) electrons. The van der Waals surface area contributed by atoms with Gasteiger partial charge in [0.2, 0.25) is 17.7 Å². The fourth-order valence-corrected chi connectivity index (χ4v) is 3.93. The van der Waals surface area contributed by atoms with Crippen LogP contribution >= 0.6 is 0 Å². The lowest BCUT2D eigenvalue weighted by atomic mass is 9.99. The summed E-state index contributed by atoms with van der Waals surface area (Å²) in [5, 5.41) is 5.33. The van der Waals surface area contributed by atoms with E-state index >= 15 is 0 Å². The second-order valence-corrected chi connectivity index (χ2v) is 9.17. The van der Waals surface area contributed by atoms with Gasteiger partial charge < -0.3 is 20.3 Å². The first-order valence-corrected chi connectivity index (χ1v) is 11.4. The predicted molar refractivity (Wildman–Crippen MR) is 120 cm³/mol. The van der Waals surface area contributed by atoms with E-state index in [0.29, 0.717) is 6.42 Å². The van der Waals surface area contributed by atoms with Gasteiger partial charge >= 0.3 is 5.97 Å². The van der Waals surface area contributed by atoms with E-state index in [4.69, 9.17) is 4.74 Å². The molecule has 1 saturated heterocycles. The Labute approximate surface area is 198 Å². The molecular weight excluding hydrogens is 448 g/mol. The van der Waals surface area contributed by atoms with Gasteiger partial charge in [-0.2, -0.15) is 0 Å². The third-order valence-corrected chi connectivity index (χ3v) is 5.93. The summed E-state index contributed by atoms with van der Waals surface area (Å²) in [4.78, 5) is 51.3. The second kappa shape index (κ2) is 11.9. The van der Waals surface area contributed by atoms with Crippen molar-refractivity contribution in [3.63, 3.8) is 0 Å². The predicted octanol–water partition coefficient (Wildman–Crippen LogP) is 2.30. The summed E-state index contributed by atoms with van der Waals surface area (Å²) in [6.07, 6.45) is 0.488. The highest BCUT2D eigenvalue weighted by atomic mass is 19.2. The van der Waals surface area contributed by atoms with Crippen molar-refractivity contribution in [2.24, 2.45) is 11.8 Å². The number of likely N-dealkylation sites (tertiary alicyclic amines) is 1. The van der Waals surface area contributed by atoms with Gasteiger partial charge in [0.15, 0.2) is 11.6 Å². The number of esters is 1. The minimum atomic E-state index is -1.02. The molecule has 2 N–H and O–H groups in total. The molecular formula is C24H33F2N3O5. The number of ether oxygens (including phenoxy) is 1. The Morgan fingerprint density at radius 2 is 1.74 bits per heavy atom. The minimum absolute atomic E-state index is 0.0302. The molecule has 10 heteroatoms. The molecule has 0 spiro atoms. The lowest BCUT2D eigenvalue weighted by molar-refractivity contribution is -0.146. The average Bonchev–Trinajstić information content (AvgIpc) is 3.11. The molecule has 1 aliphatic rings. The van der Waals surface area contributed by atoms with Gasteiger partial charge in [0.25, 0.3) is 0 Å². The Balaban J connectivity index is 2.07. The smallest absolute Gasteiger partial charge is 0.328 e. The van der Waals surface area contributed by atoms with Crippen LogP contribution in [0.25, 0.3) is 0 Å². The number of hydrogen-bond acceptors (Lipinski definition) is 5. The summed E-state index contributed by atoms with van der Waals surface area (Å²) in [5.41, 5.74) is 0.0302. The van der Waals surface area contributed by atoms with E-state index in [-0.39, 0.29) is 42.7 Å². The summed E-state index contributed by atoms with van der Waals surface area (Å²) in [6.45, 7) is 6.88. The number of benzene rings is 1. The molecule has 0 aromatic heterocycles. The van der Waals surface area contributed by atoms with Gasteiger partial charge in [-0.15, -0.1) is 0 Å². The molecule has 34 heavy (non-hydrogen) atoms. The van der Waals surface area contributed by atoms with E-state index in [1.54, 1.807) is 27.7 Å². The molecule has 0 unspecified atom stereocenters. The Bertz CT molecular complexity index is 922. The minimum Gasteiger partial charge on any atom is -0.467 e. The van der Waals surface area contributed by atoms with E-state index in [1.807, 2.05) is 0 Å². The first-order chi connectivity index (χ1) is 16.0. The molecule has 2 rings (SSSR count). The Hall–Kier alpha value is -3.04. The number of nitrogens with one attached hydrogen (secondary N) is 2. The van der Waals surface area contributed by atoms with Crippen LogP contribution in [0.2, 0.25) is 0 Å². The van der Waals surface area contributed by atoms with Crippen LogP contribution < -0.4 is 10.6 Å². The largest absolute Gasteiger partial charge is 0.467 e. The highest BCUT2D eigenvalue weighted by Crippen LogP contribution is 2.25. The van der Waals surface area contributed by atoms with E-state index in [2.05, 4.69) is 10.6 Å². The third kappa shape index (κ3) is 6.74. The first-order valence-electron chi connectivity index (χ1n) is 11.4. The van der Waals surface area contributed by atoms with E-state index in [1.165, 1.54) is 24.1 Å². The van der Waals surface area contributed by atoms with Crippen molar-refractivity contribution in [1.29, 1.82) is 0 Å². The molecule has 0 aliphatic carbocycles. The van der Waals surface area contributed by atoms with Gasteiger partial charge in [-0.3, -0.25) is 14.4 Å². The maximum absolute atomic E-state index is 14.1. The van der Waals surface area contributed by atoms with Crippen molar-refractivity contribution >= 4 is 23.7 Å². The van der Waals surface area contributed by atoms with E-state index < -0.39 is 47.5 Å². The molecule has 1 heterocycles. The van der Waals surface area contributed by atoms with Gasteiger partial charge in [0, 0.05) is 31.0 Å². The van der Waals surface area contributed by atoms with Crippen molar-refractivity contribution in [3.8, 4) is 0 Å². The number of methoxy groups -OCH3 is 1. The van der Waals surface area contributed by atoms with Gasteiger partial charge in [0.1, 0.15) is 12.1 Å². The molecule has 3 atom stereocenters. The zero-order chi connectivity index (χ0) is 25.6. The highest BCUT2D eigenvalue weighted by Gasteiger charge is 2.35. The Kier molecular flexibility index (Phi) is 9.52. The molecule has 0 bridgehead atoms. The Morgan fingerprint density at radius 3 is 2.32 bits per heavy atom. The van der Waals surface area contributed by atoms with Gasteiger partial charge in [-0.25, -0.2) is 13.6 Å². The zero-order valence-corrected chi connectivity index (χ0v) is 20.2. The SMILES string of the molecule is COC(=O)[C@H](NC(=O)[C@@H](NC(=O)C[C@@H]1CCC(=O)N1Cc1cccc(F)c1F)C(C)C)C(C)C. The molecule has 1 aliphatic heterocycles. The van der Waals surface area contributed by atoms with Crippen LogP contribution in [-0.2, 0) is 30.5 Å². The number of nitrogens with zero attached hydrogens (tertiary/aromatic N) is 1. The normalized spacial score (nSPS) is 17.6. The zero-order valence-electron chi connectivity index (χ0n) is 20.2. The Morgan fingerprint density at radius 1 is 1.09 bits per heavy atom. The molecule has 0 saturated carbocycles. The lowest BCUT2D eigenvalue weighted by Gasteiger charge is -2.28. The molecule has 8 nitrogen and oxygen atoms in total. The van der Waals surface area contributed by atoms with Crippen LogP contribution in [0, 0.1) is 23.5 Å². The monoisotopic (exact) mass is 481 g/mol. The van der Waals surface area contributed by atoms with Crippen LogP contribution in [0.5, 0.6) is 0 Å². The van der Waals surface area contributed by atoms with E-state index in [0.717, 1.165) is 6.07 Å². The number of halogens is 2. The van der Waals surface area contributed by atoms with Crippen molar-refractivity contribution in [3.05, 3.63) is 35.4 Å². The van der Waals surface area contributed by atoms with Gasteiger partial charge in [-0.05, 0) is 24.3 Å². The molecule has 1 aromatic carbocycles. The molecule has 188 valence electrons. The summed E-state index contributed by atoms with van der Waals surface area (Å²) in [6, 6.07) is 1.47. The van der Waals surface area contributed by atoms with Crippen LogP contribution in [-0.4, -0.2) is 53.8 Å². The average molecular weight is 482 g/mol. The quantitative estimate of drug-likeness (QED) is 0.499. The number of carbonyl (C=O) groups is 4. The maximum Gasteiger partial charge on any atom is 0.328 e.